The second-order valence-corrected chi connectivity index (χ2v) is 7.51. The van der Waals surface area contributed by atoms with E-state index < -0.39 is 0 Å². The maximum Gasteiger partial charge on any atom is 0.257 e. The second kappa shape index (κ2) is 7.81. The first-order valence-electron chi connectivity index (χ1n) is 9.30. The molecule has 3 aromatic rings. The number of hydrogen-bond acceptors (Lipinski definition) is 5. The molecule has 0 bridgehead atoms. The number of nitrogens with one attached hydrogen (secondary N) is 1. The predicted octanol–water partition coefficient (Wildman–Crippen LogP) is 2.47. The highest BCUT2D eigenvalue weighted by Crippen LogP contribution is 2.24. The molecule has 1 unspecified atom stereocenters. The van der Waals surface area contributed by atoms with Gasteiger partial charge in [-0.3, -0.25) is 18.9 Å². The number of amides is 2. The molecule has 2 amide bonds. The third-order valence-corrected chi connectivity index (χ3v) is 5.53. The lowest BCUT2D eigenvalue weighted by molar-refractivity contribution is -0.131. The molecule has 1 N–H and O–H groups in total. The summed E-state index contributed by atoms with van der Waals surface area (Å²) in [6.07, 6.45) is 1.72. The van der Waals surface area contributed by atoms with Crippen LogP contribution in [0.2, 0.25) is 5.02 Å². The first-order valence-corrected chi connectivity index (χ1v) is 9.68. The van der Waals surface area contributed by atoms with Crippen molar-refractivity contribution in [1.29, 1.82) is 0 Å². The Bertz CT molecular complexity index is 1080. The lowest BCUT2D eigenvalue weighted by atomic mass is 10.1. The Morgan fingerprint density at radius 2 is 1.93 bits per heavy atom. The first-order chi connectivity index (χ1) is 13.9. The van der Waals surface area contributed by atoms with E-state index in [2.05, 4.69) is 20.4 Å². The van der Waals surface area contributed by atoms with E-state index in [0.717, 1.165) is 6.54 Å². The van der Waals surface area contributed by atoms with Crippen molar-refractivity contribution in [2.45, 2.75) is 13.0 Å². The van der Waals surface area contributed by atoms with Crippen LogP contribution in [0, 0.1) is 0 Å². The lowest BCUT2D eigenvalue weighted by Crippen LogP contribution is -2.48. The van der Waals surface area contributed by atoms with Gasteiger partial charge in [-0.25, -0.2) is 0 Å². The average Bonchev–Trinajstić information content (AvgIpc) is 3.13. The fourth-order valence-electron chi connectivity index (χ4n) is 3.47. The van der Waals surface area contributed by atoms with Crippen LogP contribution in [-0.2, 0) is 4.79 Å². The van der Waals surface area contributed by atoms with E-state index in [4.69, 9.17) is 11.6 Å². The fraction of sp³-hybridized carbons (Fsp3) is 0.300. The van der Waals surface area contributed by atoms with Crippen LogP contribution in [-0.4, -0.2) is 62.9 Å². The van der Waals surface area contributed by atoms with Crippen molar-refractivity contribution in [1.82, 2.24) is 24.4 Å². The Hall–Kier alpha value is -2.97. The molecular weight excluding hydrogens is 392 g/mol. The molecule has 9 heteroatoms. The van der Waals surface area contributed by atoms with Crippen molar-refractivity contribution < 1.29 is 9.59 Å². The minimum Gasteiger partial charge on any atom is -0.340 e. The molecule has 0 saturated carbocycles. The molecule has 1 fully saturated rings. The highest BCUT2D eigenvalue weighted by atomic mass is 35.5. The molecule has 1 aliphatic rings. The van der Waals surface area contributed by atoms with Gasteiger partial charge in [-0.05, 0) is 31.3 Å². The van der Waals surface area contributed by atoms with Gasteiger partial charge in [0.1, 0.15) is 0 Å². The summed E-state index contributed by atoms with van der Waals surface area (Å²) in [7, 11) is 2.00. The van der Waals surface area contributed by atoms with Crippen LogP contribution >= 0.6 is 11.6 Å². The maximum absolute atomic E-state index is 12.7. The third-order valence-electron chi connectivity index (χ3n) is 5.20. The van der Waals surface area contributed by atoms with Crippen LogP contribution in [0.15, 0.2) is 42.6 Å². The van der Waals surface area contributed by atoms with Crippen molar-refractivity contribution in [3.63, 3.8) is 0 Å². The molecule has 1 aromatic carbocycles. The number of benzene rings is 1. The molecular formula is C20H21ClN6O2. The molecule has 29 heavy (non-hydrogen) atoms. The number of halogens is 1. The molecule has 0 spiro atoms. The maximum atomic E-state index is 12.7. The van der Waals surface area contributed by atoms with E-state index in [-0.39, 0.29) is 17.9 Å². The van der Waals surface area contributed by atoms with Gasteiger partial charge in [0.05, 0.1) is 22.3 Å². The van der Waals surface area contributed by atoms with Crippen molar-refractivity contribution >= 4 is 34.7 Å². The number of hydrogen-bond donors (Lipinski definition) is 1. The molecule has 150 valence electrons. The molecule has 3 heterocycles. The van der Waals surface area contributed by atoms with Crippen molar-refractivity contribution in [3.8, 4) is 0 Å². The molecule has 0 radical (unpaired) electrons. The summed E-state index contributed by atoms with van der Waals surface area (Å²) in [6.45, 7) is 3.53. The van der Waals surface area contributed by atoms with Gasteiger partial charge in [0, 0.05) is 32.8 Å². The van der Waals surface area contributed by atoms with Crippen molar-refractivity contribution in [2.24, 2.45) is 0 Å². The standard InChI is InChI=1S/C20H21ClN6O2/c1-13(28)26-10-9-25(2)17(12-26)19-24-23-18-8-7-14(11-27(18)19)20(29)22-16-6-4-3-5-15(16)21/h3-8,11,17H,9-10,12H2,1-2H3,(H,22,29). The van der Waals surface area contributed by atoms with Gasteiger partial charge < -0.3 is 10.2 Å². The number of nitrogens with zero attached hydrogens (tertiary/aromatic N) is 5. The van der Waals surface area contributed by atoms with Crippen molar-refractivity contribution in [3.05, 3.63) is 59.0 Å². The van der Waals surface area contributed by atoms with Crippen LogP contribution in [0.4, 0.5) is 5.69 Å². The van der Waals surface area contributed by atoms with E-state index in [1.54, 1.807) is 48.4 Å². The largest absolute Gasteiger partial charge is 0.340 e. The van der Waals surface area contributed by atoms with Gasteiger partial charge in [0.2, 0.25) is 5.91 Å². The van der Waals surface area contributed by atoms with Crippen LogP contribution in [0.25, 0.3) is 5.65 Å². The molecule has 8 nitrogen and oxygen atoms in total. The highest BCUT2D eigenvalue weighted by Gasteiger charge is 2.30. The first kappa shape index (κ1) is 19.4. The molecule has 4 rings (SSSR count). The quantitative estimate of drug-likeness (QED) is 0.714. The number of rotatable bonds is 3. The third kappa shape index (κ3) is 3.81. The smallest absolute Gasteiger partial charge is 0.257 e. The number of pyridine rings is 1. The SMILES string of the molecule is CC(=O)N1CCN(C)C(c2nnc3ccc(C(=O)Nc4ccccc4Cl)cn23)C1. The summed E-state index contributed by atoms with van der Waals surface area (Å²) in [5.74, 6) is 0.458. The predicted molar refractivity (Wildman–Crippen MR) is 110 cm³/mol. The summed E-state index contributed by atoms with van der Waals surface area (Å²) in [5.41, 5.74) is 1.65. The van der Waals surface area contributed by atoms with E-state index >= 15 is 0 Å². The Morgan fingerprint density at radius 1 is 1.14 bits per heavy atom. The molecule has 2 aromatic heterocycles. The van der Waals surface area contributed by atoms with Gasteiger partial charge in [-0.1, -0.05) is 23.7 Å². The van der Waals surface area contributed by atoms with Gasteiger partial charge in [-0.15, -0.1) is 10.2 Å². The molecule has 0 aliphatic carbocycles. The summed E-state index contributed by atoms with van der Waals surface area (Å²) in [4.78, 5) is 28.5. The Morgan fingerprint density at radius 3 is 2.69 bits per heavy atom. The van der Waals surface area contributed by atoms with Crippen LogP contribution in [0.3, 0.4) is 0 Å². The van der Waals surface area contributed by atoms with E-state index in [1.807, 2.05) is 17.5 Å². The Labute approximate surface area is 173 Å². The fourth-order valence-corrected chi connectivity index (χ4v) is 3.65. The minimum absolute atomic E-state index is 0.0386. The number of piperazine rings is 1. The summed E-state index contributed by atoms with van der Waals surface area (Å²) >= 11 is 6.14. The monoisotopic (exact) mass is 412 g/mol. The second-order valence-electron chi connectivity index (χ2n) is 7.10. The summed E-state index contributed by atoms with van der Waals surface area (Å²) < 4.78 is 1.81. The van der Waals surface area contributed by atoms with E-state index in [0.29, 0.717) is 40.8 Å². The summed E-state index contributed by atoms with van der Waals surface area (Å²) in [5, 5.41) is 11.9. The average molecular weight is 413 g/mol. The number of fused-ring (bicyclic) bond motifs is 1. The van der Waals surface area contributed by atoms with E-state index in [1.165, 1.54) is 0 Å². The minimum atomic E-state index is -0.276. The van der Waals surface area contributed by atoms with Gasteiger partial charge in [0.25, 0.3) is 5.91 Å². The Balaban J connectivity index is 1.65. The van der Waals surface area contributed by atoms with Crippen LogP contribution in [0.1, 0.15) is 29.1 Å². The van der Waals surface area contributed by atoms with Gasteiger partial charge in [-0.2, -0.15) is 0 Å². The number of likely N-dealkylation sites (N-methyl/N-ethyl adjacent to an activating group) is 1. The highest BCUT2D eigenvalue weighted by molar-refractivity contribution is 6.33. The zero-order chi connectivity index (χ0) is 20.5. The molecule has 1 saturated heterocycles. The van der Waals surface area contributed by atoms with Crippen LogP contribution in [0.5, 0.6) is 0 Å². The normalized spacial score (nSPS) is 17.5. The molecule has 1 atom stereocenters. The lowest BCUT2D eigenvalue weighted by Gasteiger charge is -2.38. The van der Waals surface area contributed by atoms with Gasteiger partial charge >= 0.3 is 0 Å². The van der Waals surface area contributed by atoms with Gasteiger partial charge in [0.15, 0.2) is 11.5 Å². The number of anilines is 1. The van der Waals surface area contributed by atoms with Crippen molar-refractivity contribution in [2.75, 3.05) is 32.0 Å². The molecule has 1 aliphatic heterocycles. The number of carbonyl (C=O) groups excluding carboxylic acids is 2. The topological polar surface area (TPSA) is 82.8 Å². The number of carbonyl (C=O) groups is 2. The van der Waals surface area contributed by atoms with Crippen LogP contribution < -0.4 is 5.32 Å². The Kier molecular flexibility index (Phi) is 5.21. The number of para-hydroxylation sites is 1. The van der Waals surface area contributed by atoms with E-state index in [9.17, 15) is 9.59 Å². The zero-order valence-electron chi connectivity index (χ0n) is 16.2. The zero-order valence-corrected chi connectivity index (χ0v) is 16.9. The number of aromatic nitrogens is 3. The summed E-state index contributed by atoms with van der Waals surface area (Å²) in [6, 6.07) is 10.4.